The Morgan fingerprint density at radius 1 is 0.825 bits per heavy atom. The van der Waals surface area contributed by atoms with E-state index in [4.69, 9.17) is 27.9 Å². The molecular weight excluding hydrogens is 573 g/mol. The molecule has 40 heavy (non-hydrogen) atoms. The zero-order chi connectivity index (χ0) is 28.3. The van der Waals surface area contributed by atoms with Crippen molar-refractivity contribution in [1.29, 1.82) is 0 Å². The first kappa shape index (κ1) is 28.4. The van der Waals surface area contributed by atoms with Gasteiger partial charge in [0.15, 0.2) is 0 Å². The molecule has 3 aromatic rings. The Morgan fingerprint density at radius 2 is 1.48 bits per heavy atom. The van der Waals surface area contributed by atoms with Gasteiger partial charge in [0, 0.05) is 42.6 Å². The zero-order valence-corrected chi connectivity index (χ0v) is 24.0. The van der Waals surface area contributed by atoms with E-state index in [0.29, 0.717) is 65.5 Å². The van der Waals surface area contributed by atoms with Crippen LogP contribution in [0, 0.1) is 5.92 Å². The Balaban J connectivity index is 1.16. The first-order valence-corrected chi connectivity index (χ1v) is 15.3. The average Bonchev–Trinajstić information content (AvgIpc) is 2.94. The Morgan fingerprint density at radius 3 is 2.12 bits per heavy atom. The quantitative estimate of drug-likeness (QED) is 0.314. The molecule has 5 rings (SSSR count). The highest BCUT2D eigenvalue weighted by Gasteiger charge is 2.35. The highest BCUT2D eigenvalue weighted by atomic mass is 35.5. The number of ether oxygens (including phenoxy) is 1. The van der Waals surface area contributed by atoms with Gasteiger partial charge in [0.05, 0.1) is 11.4 Å². The molecule has 0 saturated carbocycles. The largest absolute Gasteiger partial charge is 0.457 e. The van der Waals surface area contributed by atoms with Gasteiger partial charge >= 0.3 is 6.03 Å². The topological polar surface area (TPSA) is 87.2 Å². The number of imide groups is 1. The average molecular weight is 603 g/mol. The maximum Gasteiger partial charge on any atom is 0.327 e. The molecule has 210 valence electrons. The van der Waals surface area contributed by atoms with E-state index in [9.17, 15) is 18.0 Å². The minimum atomic E-state index is -3.53. The van der Waals surface area contributed by atoms with Crippen LogP contribution >= 0.6 is 23.2 Å². The number of nitrogens with zero attached hydrogens (tertiary/aromatic N) is 3. The van der Waals surface area contributed by atoms with Crippen molar-refractivity contribution in [2.45, 2.75) is 30.7 Å². The second kappa shape index (κ2) is 12.2. The van der Waals surface area contributed by atoms with Crippen LogP contribution in [0.4, 0.5) is 4.79 Å². The number of benzene rings is 3. The molecule has 2 heterocycles. The summed E-state index contributed by atoms with van der Waals surface area (Å²) in [5.41, 5.74) is 0.791. The second-order valence-electron chi connectivity index (χ2n) is 9.97. The van der Waals surface area contributed by atoms with E-state index in [0.717, 1.165) is 5.56 Å². The zero-order valence-electron chi connectivity index (χ0n) is 21.7. The molecule has 0 radical (unpaired) electrons. The molecule has 0 atom stereocenters. The van der Waals surface area contributed by atoms with Gasteiger partial charge in [0.2, 0.25) is 15.9 Å². The fraction of sp³-hybridized carbons (Fsp3) is 0.310. The van der Waals surface area contributed by atoms with Gasteiger partial charge in [-0.2, -0.15) is 4.31 Å². The number of carbonyl (C=O) groups is 2. The van der Waals surface area contributed by atoms with E-state index in [-0.39, 0.29) is 30.8 Å². The Kier molecular flexibility index (Phi) is 8.65. The van der Waals surface area contributed by atoms with Gasteiger partial charge in [0.1, 0.15) is 11.5 Å². The lowest BCUT2D eigenvalue weighted by Gasteiger charge is -2.38. The van der Waals surface area contributed by atoms with E-state index >= 15 is 0 Å². The number of piperidine rings is 1. The van der Waals surface area contributed by atoms with Crippen molar-refractivity contribution in [3.63, 3.8) is 0 Å². The molecule has 2 saturated heterocycles. The summed E-state index contributed by atoms with van der Waals surface area (Å²) in [5.74, 6) is 1.03. The molecule has 2 aliphatic rings. The summed E-state index contributed by atoms with van der Waals surface area (Å²) in [5, 5.41) is 0.933. The molecule has 11 heteroatoms. The van der Waals surface area contributed by atoms with Gasteiger partial charge in [0.25, 0.3) is 0 Å². The molecule has 0 aromatic heterocycles. The molecule has 2 aliphatic heterocycles. The summed E-state index contributed by atoms with van der Waals surface area (Å²) in [4.78, 5) is 29.2. The minimum absolute atomic E-state index is 0.158. The predicted octanol–water partition coefficient (Wildman–Crippen LogP) is 6.04. The fourth-order valence-electron chi connectivity index (χ4n) is 5.02. The van der Waals surface area contributed by atoms with Gasteiger partial charge in [-0.1, -0.05) is 53.5 Å². The van der Waals surface area contributed by atoms with Crippen LogP contribution in [0.15, 0.2) is 77.7 Å². The van der Waals surface area contributed by atoms with Crippen molar-refractivity contribution < 1.29 is 22.7 Å². The number of hydrogen-bond acceptors (Lipinski definition) is 5. The lowest BCUT2D eigenvalue weighted by atomic mass is 9.97. The summed E-state index contributed by atoms with van der Waals surface area (Å²) in [6.07, 6.45) is 1.57. The van der Waals surface area contributed by atoms with Gasteiger partial charge in [-0.05, 0) is 66.8 Å². The molecule has 3 aromatic carbocycles. The van der Waals surface area contributed by atoms with E-state index < -0.39 is 10.0 Å². The number of sulfonamides is 1. The first-order valence-electron chi connectivity index (χ1n) is 13.1. The maximum absolute atomic E-state index is 13.3. The van der Waals surface area contributed by atoms with Gasteiger partial charge < -0.3 is 9.64 Å². The third-order valence-electron chi connectivity index (χ3n) is 7.17. The Bertz CT molecular complexity index is 1460. The highest BCUT2D eigenvalue weighted by Crippen LogP contribution is 2.29. The molecule has 0 spiro atoms. The van der Waals surface area contributed by atoms with Crippen molar-refractivity contribution in [3.8, 4) is 11.5 Å². The molecule has 0 bridgehead atoms. The predicted molar refractivity (Wildman–Crippen MR) is 153 cm³/mol. The van der Waals surface area contributed by atoms with E-state index in [1.165, 1.54) is 9.21 Å². The van der Waals surface area contributed by atoms with Crippen molar-refractivity contribution in [3.05, 3.63) is 88.4 Å². The standard InChI is InChI=1S/C29H29Cl2N3O5S/c30-23-16-24(31)18-26(17-23)39-25-8-6-21(7-9-25)20-34-28(35)12-13-32(29(34)36)19-22-10-14-33(15-11-22)40(37,38)27-4-2-1-3-5-27/h1-9,16-18,22H,10-15,19-20H2. The smallest absolute Gasteiger partial charge is 0.327 e. The summed E-state index contributed by atoms with van der Waals surface area (Å²) >= 11 is 12.1. The third kappa shape index (κ3) is 6.61. The van der Waals surface area contributed by atoms with E-state index in [2.05, 4.69) is 0 Å². The Labute approximate surface area is 244 Å². The van der Waals surface area contributed by atoms with E-state index in [1.807, 2.05) is 12.1 Å². The summed E-state index contributed by atoms with van der Waals surface area (Å²) in [6.45, 7) is 1.83. The fourth-order valence-corrected chi connectivity index (χ4v) is 7.01. The molecule has 0 unspecified atom stereocenters. The molecule has 0 N–H and O–H groups in total. The minimum Gasteiger partial charge on any atom is -0.457 e. The maximum atomic E-state index is 13.3. The van der Waals surface area contributed by atoms with Crippen LogP contribution in [0.1, 0.15) is 24.8 Å². The van der Waals surface area contributed by atoms with Crippen molar-refractivity contribution >= 4 is 45.2 Å². The number of carbonyl (C=O) groups excluding carboxylic acids is 2. The molecule has 8 nitrogen and oxygen atoms in total. The van der Waals surface area contributed by atoms with Crippen LogP contribution in [0.3, 0.4) is 0 Å². The third-order valence-corrected chi connectivity index (χ3v) is 9.52. The second-order valence-corrected chi connectivity index (χ2v) is 12.8. The number of hydrogen-bond donors (Lipinski definition) is 0. The van der Waals surface area contributed by atoms with Crippen LogP contribution in [0.25, 0.3) is 0 Å². The molecular formula is C29H29Cl2N3O5S. The summed E-state index contributed by atoms with van der Waals surface area (Å²) < 4.78 is 33.2. The molecule has 0 aliphatic carbocycles. The summed E-state index contributed by atoms with van der Waals surface area (Å²) in [7, 11) is -3.53. The van der Waals surface area contributed by atoms with Gasteiger partial charge in [-0.25, -0.2) is 13.2 Å². The lowest BCUT2D eigenvalue weighted by Crippen LogP contribution is -2.53. The van der Waals surface area contributed by atoms with Crippen LogP contribution in [0.2, 0.25) is 10.0 Å². The number of amides is 3. The van der Waals surface area contributed by atoms with Crippen molar-refractivity contribution in [1.82, 2.24) is 14.1 Å². The van der Waals surface area contributed by atoms with E-state index in [1.54, 1.807) is 65.6 Å². The van der Waals surface area contributed by atoms with Crippen LogP contribution in [-0.4, -0.2) is 60.6 Å². The SMILES string of the molecule is O=C1CCN(CC2CCN(S(=O)(=O)c3ccccc3)CC2)C(=O)N1Cc1ccc(Oc2cc(Cl)cc(Cl)c2)cc1. The molecule has 3 amide bonds. The van der Waals surface area contributed by atoms with Gasteiger partial charge in [-0.3, -0.25) is 9.69 Å². The highest BCUT2D eigenvalue weighted by molar-refractivity contribution is 7.89. The molecule has 2 fully saturated rings. The number of urea groups is 1. The monoisotopic (exact) mass is 601 g/mol. The summed E-state index contributed by atoms with van der Waals surface area (Å²) in [6, 6.07) is 20.2. The number of rotatable bonds is 8. The first-order chi connectivity index (χ1) is 19.2. The van der Waals surface area contributed by atoms with Crippen LogP contribution in [0.5, 0.6) is 11.5 Å². The Hall–Kier alpha value is -3.11. The normalized spacial score (nSPS) is 17.4. The van der Waals surface area contributed by atoms with Crippen LogP contribution < -0.4 is 4.74 Å². The lowest BCUT2D eigenvalue weighted by molar-refractivity contribution is -0.131. The van der Waals surface area contributed by atoms with Crippen molar-refractivity contribution in [2.75, 3.05) is 26.2 Å². The van der Waals surface area contributed by atoms with Crippen molar-refractivity contribution in [2.24, 2.45) is 5.92 Å². The van der Waals surface area contributed by atoms with Gasteiger partial charge in [-0.15, -0.1) is 0 Å². The van der Waals surface area contributed by atoms with Crippen LogP contribution in [-0.2, 0) is 21.4 Å². The number of halogens is 2.